The average Bonchev–Trinajstić information content (AvgIpc) is 2.89. The number of likely N-dealkylation sites (tertiary alicyclic amines) is 1. The van der Waals surface area contributed by atoms with E-state index in [4.69, 9.17) is 10.8 Å². The summed E-state index contributed by atoms with van der Waals surface area (Å²) >= 11 is 0. The fraction of sp³-hybridized carbons (Fsp3) is 0.529. The molecule has 0 amide bonds. The molecule has 1 aromatic carbocycles. The second-order valence-electron chi connectivity index (χ2n) is 5.87. The Kier molecular flexibility index (Phi) is 3.26. The number of aliphatic hydroxyl groups excluding tert-OH is 1. The molecule has 0 spiro atoms. The fourth-order valence-corrected chi connectivity index (χ4v) is 3.62. The zero-order valence-corrected chi connectivity index (χ0v) is 12.8. The third-order valence-corrected chi connectivity index (χ3v) is 4.79. The van der Waals surface area contributed by atoms with Crippen LogP contribution in [0.15, 0.2) is 29.9 Å². The zero-order chi connectivity index (χ0) is 15.9. The summed E-state index contributed by atoms with van der Waals surface area (Å²) in [6.07, 6.45) is 1.79. The Morgan fingerprint density at radius 3 is 2.76 bits per heavy atom. The summed E-state index contributed by atoms with van der Waals surface area (Å²) in [5, 5.41) is 10.1. The molecule has 4 nitrogen and oxygen atoms in total. The van der Waals surface area contributed by atoms with Gasteiger partial charge < -0.3 is 19.5 Å². The number of hydrogen-bond donors (Lipinski definition) is 1. The highest BCUT2D eigenvalue weighted by atomic mass is 16.5. The van der Waals surface area contributed by atoms with Gasteiger partial charge in [-0.25, -0.2) is 0 Å². The maximum atomic E-state index is 10.1. The second-order valence-corrected chi connectivity index (χ2v) is 5.87. The van der Waals surface area contributed by atoms with Gasteiger partial charge in [0.15, 0.2) is 11.5 Å². The normalized spacial score (nSPS) is 29.2. The third-order valence-electron chi connectivity index (χ3n) is 4.79. The first-order chi connectivity index (χ1) is 10.5. The third kappa shape index (κ3) is 2.18. The van der Waals surface area contributed by atoms with Gasteiger partial charge in [0.2, 0.25) is 0 Å². The SMILES string of the molecule is [2H]C1=C2N(C)CC[C@]2(c2ccc(OC)c(OC)c2)CC[C@H]1O. The van der Waals surface area contributed by atoms with Gasteiger partial charge in [-0.2, -0.15) is 0 Å². The molecule has 2 aliphatic rings. The molecule has 1 aliphatic heterocycles. The standard InChI is InChI=1S/C17H23NO3/c1-18-9-8-17(7-6-13(19)11-16(17)18)12-4-5-14(20-2)15(10-12)21-3/h4-5,10-11,13,19H,6-9H2,1-3H3/t13-,17+/m1/s1/i11D. The van der Waals surface area contributed by atoms with Crippen molar-refractivity contribution in [3.8, 4) is 11.5 Å². The predicted molar refractivity (Wildman–Crippen MR) is 81.8 cm³/mol. The summed E-state index contributed by atoms with van der Waals surface area (Å²) in [4.78, 5) is 2.11. The van der Waals surface area contributed by atoms with E-state index in [0.717, 1.165) is 30.6 Å². The van der Waals surface area contributed by atoms with Crippen LogP contribution in [-0.2, 0) is 5.41 Å². The Bertz CT molecular complexity index is 616. The van der Waals surface area contributed by atoms with Gasteiger partial charge in [-0.3, -0.25) is 0 Å². The van der Waals surface area contributed by atoms with Crippen molar-refractivity contribution >= 4 is 0 Å². The van der Waals surface area contributed by atoms with Crippen LogP contribution >= 0.6 is 0 Å². The topological polar surface area (TPSA) is 41.9 Å². The molecule has 114 valence electrons. The number of rotatable bonds is 3. The van der Waals surface area contributed by atoms with E-state index in [2.05, 4.69) is 11.0 Å². The molecule has 0 radical (unpaired) electrons. The monoisotopic (exact) mass is 290 g/mol. The lowest BCUT2D eigenvalue weighted by atomic mass is 9.70. The Morgan fingerprint density at radius 2 is 2.05 bits per heavy atom. The molecule has 2 atom stereocenters. The van der Waals surface area contributed by atoms with Crippen LogP contribution in [0.25, 0.3) is 0 Å². The lowest BCUT2D eigenvalue weighted by Crippen LogP contribution is -2.33. The van der Waals surface area contributed by atoms with E-state index in [1.54, 1.807) is 14.2 Å². The van der Waals surface area contributed by atoms with Gasteiger partial charge in [0, 0.05) is 24.7 Å². The minimum absolute atomic E-state index is 0.190. The van der Waals surface area contributed by atoms with Crippen LogP contribution in [0.1, 0.15) is 26.2 Å². The van der Waals surface area contributed by atoms with Crippen molar-refractivity contribution in [3.05, 3.63) is 35.5 Å². The van der Waals surface area contributed by atoms with Crippen molar-refractivity contribution in [1.29, 1.82) is 0 Å². The summed E-state index contributed by atoms with van der Waals surface area (Å²) in [6, 6.07) is 6.36. The van der Waals surface area contributed by atoms with Crippen molar-refractivity contribution in [2.24, 2.45) is 0 Å². The molecule has 0 saturated carbocycles. The fourth-order valence-electron chi connectivity index (χ4n) is 3.62. The summed E-state index contributed by atoms with van der Waals surface area (Å²) in [5.74, 6) is 1.42. The highest BCUT2D eigenvalue weighted by Gasteiger charge is 2.45. The number of nitrogens with zero attached hydrogens (tertiary/aromatic N) is 1. The Hall–Kier alpha value is -1.68. The minimum Gasteiger partial charge on any atom is -0.493 e. The van der Waals surface area contributed by atoms with Crippen LogP contribution in [0.2, 0.25) is 0 Å². The largest absolute Gasteiger partial charge is 0.493 e. The first-order valence-corrected chi connectivity index (χ1v) is 7.36. The molecule has 1 N–H and O–H groups in total. The summed E-state index contributed by atoms with van der Waals surface area (Å²) in [5.41, 5.74) is 1.91. The van der Waals surface area contributed by atoms with Crippen molar-refractivity contribution in [2.75, 3.05) is 27.8 Å². The Balaban J connectivity index is 2.14. The van der Waals surface area contributed by atoms with Crippen LogP contribution in [-0.4, -0.2) is 43.9 Å². The molecular weight excluding hydrogens is 266 g/mol. The summed E-state index contributed by atoms with van der Waals surface area (Å²) in [6.45, 7) is 0.902. The maximum Gasteiger partial charge on any atom is 0.161 e. The van der Waals surface area contributed by atoms with E-state index in [-0.39, 0.29) is 5.41 Å². The number of fused-ring (bicyclic) bond motifs is 1. The lowest BCUT2D eigenvalue weighted by molar-refractivity contribution is 0.181. The van der Waals surface area contributed by atoms with Gasteiger partial charge in [0.1, 0.15) is 0 Å². The van der Waals surface area contributed by atoms with Crippen LogP contribution < -0.4 is 9.47 Å². The van der Waals surface area contributed by atoms with E-state index in [9.17, 15) is 5.11 Å². The van der Waals surface area contributed by atoms with Gasteiger partial charge in [-0.05, 0) is 43.0 Å². The number of ether oxygens (including phenoxy) is 2. The van der Waals surface area contributed by atoms with Crippen LogP contribution in [0, 0.1) is 0 Å². The van der Waals surface area contributed by atoms with E-state index in [1.165, 1.54) is 0 Å². The second kappa shape index (κ2) is 5.26. The van der Waals surface area contributed by atoms with Crippen molar-refractivity contribution in [1.82, 2.24) is 4.90 Å². The Morgan fingerprint density at radius 1 is 1.29 bits per heavy atom. The van der Waals surface area contributed by atoms with Gasteiger partial charge >= 0.3 is 0 Å². The zero-order valence-electron chi connectivity index (χ0n) is 13.8. The highest BCUT2D eigenvalue weighted by molar-refractivity contribution is 5.49. The number of hydrogen-bond acceptors (Lipinski definition) is 4. The van der Waals surface area contributed by atoms with Crippen molar-refractivity contribution in [3.63, 3.8) is 0 Å². The van der Waals surface area contributed by atoms with Gasteiger partial charge in [-0.1, -0.05) is 6.07 Å². The van der Waals surface area contributed by atoms with E-state index < -0.39 is 6.10 Å². The molecule has 1 aliphatic carbocycles. The van der Waals surface area contributed by atoms with Gasteiger partial charge in [0.25, 0.3) is 0 Å². The van der Waals surface area contributed by atoms with Gasteiger partial charge in [0.05, 0.1) is 21.7 Å². The summed E-state index contributed by atoms with van der Waals surface area (Å²) < 4.78 is 19.1. The number of methoxy groups -OCH3 is 2. The smallest absolute Gasteiger partial charge is 0.161 e. The first kappa shape index (κ1) is 13.0. The van der Waals surface area contributed by atoms with E-state index in [1.807, 2.05) is 19.2 Å². The van der Waals surface area contributed by atoms with Crippen LogP contribution in [0.3, 0.4) is 0 Å². The Labute approximate surface area is 127 Å². The molecule has 4 heteroatoms. The van der Waals surface area contributed by atoms with E-state index in [0.29, 0.717) is 24.0 Å². The highest BCUT2D eigenvalue weighted by Crippen LogP contribution is 2.50. The molecule has 0 bridgehead atoms. The predicted octanol–water partition coefficient (Wildman–Crippen LogP) is 2.32. The molecule has 0 unspecified atom stereocenters. The molecule has 1 fully saturated rings. The van der Waals surface area contributed by atoms with Crippen molar-refractivity contribution < 1.29 is 16.0 Å². The number of benzene rings is 1. The van der Waals surface area contributed by atoms with Gasteiger partial charge in [-0.15, -0.1) is 0 Å². The molecule has 1 heterocycles. The molecule has 1 aromatic rings. The molecule has 3 rings (SSSR count). The van der Waals surface area contributed by atoms with Crippen molar-refractivity contribution in [2.45, 2.75) is 30.8 Å². The molecule has 1 saturated heterocycles. The first-order valence-electron chi connectivity index (χ1n) is 7.86. The number of allylic oxidation sites excluding steroid dienone is 1. The molecular formula is C17H23NO3. The quantitative estimate of drug-likeness (QED) is 0.927. The minimum atomic E-state index is -0.649. The van der Waals surface area contributed by atoms with E-state index >= 15 is 0 Å². The average molecular weight is 290 g/mol. The maximum absolute atomic E-state index is 10.1. The number of likely N-dealkylation sites (N-methyl/N-ethyl adjacent to an activating group) is 1. The number of aliphatic hydroxyl groups is 1. The van der Waals surface area contributed by atoms with Crippen LogP contribution in [0.4, 0.5) is 0 Å². The molecule has 21 heavy (non-hydrogen) atoms. The lowest BCUT2D eigenvalue weighted by Gasteiger charge is -2.37. The summed E-state index contributed by atoms with van der Waals surface area (Å²) in [7, 11) is 5.27. The van der Waals surface area contributed by atoms with Crippen LogP contribution in [0.5, 0.6) is 11.5 Å². The molecule has 0 aromatic heterocycles.